The van der Waals surface area contributed by atoms with Gasteiger partial charge in [0.25, 0.3) is 5.69 Å². The lowest BCUT2D eigenvalue weighted by Crippen LogP contribution is -2.06. The van der Waals surface area contributed by atoms with E-state index in [0.29, 0.717) is 5.56 Å². The number of benzene rings is 2. The Morgan fingerprint density at radius 2 is 1.75 bits per heavy atom. The highest BCUT2D eigenvalue weighted by Gasteiger charge is 2.22. The van der Waals surface area contributed by atoms with E-state index >= 15 is 0 Å². The van der Waals surface area contributed by atoms with Crippen molar-refractivity contribution in [2.75, 3.05) is 0 Å². The average Bonchev–Trinajstić information content (AvgIpc) is 2.46. The van der Waals surface area contributed by atoms with Crippen molar-refractivity contribution in [1.29, 1.82) is 0 Å². The number of hydrogen-bond acceptors (Lipinski definition) is 3. The van der Waals surface area contributed by atoms with E-state index in [0.717, 1.165) is 5.56 Å². The molecule has 0 spiro atoms. The van der Waals surface area contributed by atoms with Gasteiger partial charge in [0.2, 0.25) is 0 Å². The van der Waals surface area contributed by atoms with Gasteiger partial charge in [-0.3, -0.25) is 14.9 Å². The number of nitro groups is 1. The van der Waals surface area contributed by atoms with Crippen LogP contribution < -0.4 is 0 Å². The third-order valence-corrected chi connectivity index (χ3v) is 3.17. The van der Waals surface area contributed by atoms with Crippen molar-refractivity contribution in [1.82, 2.24) is 0 Å². The Kier molecular flexibility index (Phi) is 3.94. The summed E-state index contributed by atoms with van der Waals surface area (Å²) in [4.78, 5) is 23.0. The van der Waals surface area contributed by atoms with Gasteiger partial charge in [0.15, 0.2) is 5.78 Å². The van der Waals surface area contributed by atoms with E-state index in [4.69, 9.17) is 0 Å². The average molecular weight is 269 g/mol. The Morgan fingerprint density at radius 1 is 1.10 bits per heavy atom. The van der Waals surface area contributed by atoms with E-state index in [2.05, 4.69) is 0 Å². The van der Waals surface area contributed by atoms with Gasteiger partial charge < -0.3 is 0 Å². The van der Waals surface area contributed by atoms with Gasteiger partial charge in [0, 0.05) is 11.6 Å². The molecule has 0 atom stereocenters. The van der Waals surface area contributed by atoms with Crippen LogP contribution in [0.15, 0.2) is 48.5 Å². The number of carbonyl (C=O) groups excluding carboxylic acids is 1. The van der Waals surface area contributed by atoms with E-state index in [1.165, 1.54) is 6.07 Å². The maximum absolute atomic E-state index is 12.3. The van der Waals surface area contributed by atoms with Crippen LogP contribution in [0.4, 0.5) is 5.69 Å². The number of rotatable bonds is 4. The maximum Gasteiger partial charge on any atom is 0.280 e. The van der Waals surface area contributed by atoms with Crippen LogP contribution in [0.1, 0.15) is 41.3 Å². The number of carbonyl (C=O) groups is 1. The zero-order valence-corrected chi connectivity index (χ0v) is 11.4. The number of nitrogens with zero attached hydrogens (tertiary/aromatic N) is 1. The summed E-state index contributed by atoms with van der Waals surface area (Å²) >= 11 is 0. The molecule has 2 aromatic rings. The van der Waals surface area contributed by atoms with Crippen LogP contribution in [-0.2, 0) is 0 Å². The molecule has 2 aromatic carbocycles. The molecule has 0 unspecified atom stereocenters. The molecule has 0 bridgehead atoms. The van der Waals surface area contributed by atoms with Gasteiger partial charge in [-0.15, -0.1) is 0 Å². The van der Waals surface area contributed by atoms with Gasteiger partial charge in [-0.2, -0.15) is 0 Å². The number of ketones is 1. The Labute approximate surface area is 117 Å². The molecular weight excluding hydrogens is 254 g/mol. The van der Waals surface area contributed by atoms with Crippen LogP contribution in [0.3, 0.4) is 0 Å². The smallest absolute Gasteiger partial charge is 0.280 e. The lowest BCUT2D eigenvalue weighted by molar-refractivity contribution is -0.385. The zero-order valence-electron chi connectivity index (χ0n) is 11.4. The topological polar surface area (TPSA) is 60.2 Å². The van der Waals surface area contributed by atoms with E-state index in [-0.39, 0.29) is 23.0 Å². The summed E-state index contributed by atoms with van der Waals surface area (Å²) < 4.78 is 0. The lowest BCUT2D eigenvalue weighted by atomic mass is 9.96. The molecule has 0 saturated heterocycles. The second-order valence-electron chi connectivity index (χ2n) is 4.88. The molecule has 0 saturated carbocycles. The third-order valence-electron chi connectivity index (χ3n) is 3.17. The second kappa shape index (κ2) is 5.65. The Bertz CT molecular complexity index is 648. The normalized spacial score (nSPS) is 10.6. The summed E-state index contributed by atoms with van der Waals surface area (Å²) in [5.74, 6) is -0.151. The summed E-state index contributed by atoms with van der Waals surface area (Å²) in [6, 6.07) is 13.4. The van der Waals surface area contributed by atoms with Crippen molar-refractivity contribution >= 4 is 11.5 Å². The number of nitro benzene ring substituents is 1. The summed E-state index contributed by atoms with van der Waals surface area (Å²) in [5.41, 5.74) is 1.30. The minimum atomic E-state index is -0.498. The fourth-order valence-electron chi connectivity index (χ4n) is 2.00. The van der Waals surface area contributed by atoms with Crippen molar-refractivity contribution < 1.29 is 9.72 Å². The van der Waals surface area contributed by atoms with Crippen molar-refractivity contribution in [2.45, 2.75) is 19.8 Å². The Hall–Kier alpha value is -2.49. The van der Waals surface area contributed by atoms with Crippen LogP contribution in [0.5, 0.6) is 0 Å². The molecule has 4 heteroatoms. The highest BCUT2D eigenvalue weighted by molar-refractivity contribution is 6.11. The molecule has 0 aliphatic carbocycles. The van der Waals surface area contributed by atoms with Gasteiger partial charge in [-0.25, -0.2) is 0 Å². The molecule has 2 rings (SSSR count). The largest absolute Gasteiger partial charge is 0.288 e. The molecule has 4 nitrogen and oxygen atoms in total. The van der Waals surface area contributed by atoms with Crippen LogP contribution >= 0.6 is 0 Å². The molecule has 0 aromatic heterocycles. The molecule has 102 valence electrons. The van der Waals surface area contributed by atoms with Gasteiger partial charge >= 0.3 is 0 Å². The van der Waals surface area contributed by atoms with Crippen LogP contribution in [0.25, 0.3) is 0 Å². The predicted molar refractivity (Wildman–Crippen MR) is 77.1 cm³/mol. The van der Waals surface area contributed by atoms with E-state index in [9.17, 15) is 14.9 Å². The highest BCUT2D eigenvalue weighted by Crippen LogP contribution is 2.26. The number of hydrogen-bond donors (Lipinski definition) is 0. The summed E-state index contributed by atoms with van der Waals surface area (Å²) in [5, 5.41) is 11.2. The molecule has 0 radical (unpaired) electrons. The highest BCUT2D eigenvalue weighted by atomic mass is 16.6. The van der Waals surface area contributed by atoms with E-state index in [1.807, 2.05) is 13.8 Å². The predicted octanol–water partition coefficient (Wildman–Crippen LogP) is 3.95. The first kappa shape index (κ1) is 13.9. The van der Waals surface area contributed by atoms with Crippen molar-refractivity contribution in [2.24, 2.45) is 0 Å². The Balaban J connectivity index is 2.51. The molecule has 20 heavy (non-hydrogen) atoms. The molecule has 0 aliphatic rings. The molecule has 0 fully saturated rings. The van der Waals surface area contributed by atoms with Crippen molar-refractivity contribution in [3.8, 4) is 0 Å². The molecular formula is C16H15NO3. The fraction of sp³-hybridized carbons (Fsp3) is 0.188. The van der Waals surface area contributed by atoms with Crippen molar-refractivity contribution in [3.63, 3.8) is 0 Å². The van der Waals surface area contributed by atoms with Crippen LogP contribution in [0.2, 0.25) is 0 Å². The van der Waals surface area contributed by atoms with Gasteiger partial charge in [0.05, 0.1) is 4.92 Å². The molecule has 0 amide bonds. The summed E-state index contributed by atoms with van der Waals surface area (Å²) in [7, 11) is 0. The SMILES string of the molecule is CC(C)c1ccc(C(=O)c2ccccc2)c([N+](=O)[O-])c1. The quantitative estimate of drug-likeness (QED) is 0.479. The summed E-state index contributed by atoms with van der Waals surface area (Å²) in [6.07, 6.45) is 0. The third kappa shape index (κ3) is 2.74. The first-order valence-electron chi connectivity index (χ1n) is 6.38. The lowest BCUT2D eigenvalue weighted by Gasteiger charge is -2.08. The first-order valence-corrected chi connectivity index (χ1v) is 6.38. The monoisotopic (exact) mass is 269 g/mol. The van der Waals surface area contributed by atoms with Crippen molar-refractivity contribution in [3.05, 3.63) is 75.3 Å². The van der Waals surface area contributed by atoms with Crippen LogP contribution in [-0.4, -0.2) is 10.7 Å². The molecule has 0 heterocycles. The van der Waals surface area contributed by atoms with Gasteiger partial charge in [0.1, 0.15) is 5.56 Å². The van der Waals surface area contributed by atoms with Gasteiger partial charge in [-0.05, 0) is 17.5 Å². The molecule has 0 N–H and O–H groups in total. The van der Waals surface area contributed by atoms with Gasteiger partial charge in [-0.1, -0.05) is 50.2 Å². The Morgan fingerprint density at radius 3 is 2.30 bits per heavy atom. The standard InChI is InChI=1S/C16H15NO3/c1-11(2)13-8-9-14(15(10-13)17(19)20)16(18)12-6-4-3-5-7-12/h3-11H,1-2H3. The fourth-order valence-corrected chi connectivity index (χ4v) is 2.00. The summed E-state index contributed by atoms with van der Waals surface area (Å²) in [6.45, 7) is 3.91. The van der Waals surface area contributed by atoms with E-state index < -0.39 is 4.92 Å². The zero-order chi connectivity index (χ0) is 14.7. The minimum absolute atomic E-state index is 0.130. The second-order valence-corrected chi connectivity index (χ2v) is 4.88. The molecule has 0 aliphatic heterocycles. The minimum Gasteiger partial charge on any atom is -0.288 e. The van der Waals surface area contributed by atoms with E-state index in [1.54, 1.807) is 42.5 Å². The van der Waals surface area contributed by atoms with Crippen LogP contribution in [0, 0.1) is 10.1 Å². The first-order chi connectivity index (χ1) is 9.50. The maximum atomic E-state index is 12.3.